The largest absolute Gasteiger partial charge is 0.365 e. The zero-order valence-electron chi connectivity index (χ0n) is 16.0. The number of carbonyl (C=O) groups is 1. The number of benzene rings is 1. The van der Waals surface area contributed by atoms with Crippen LogP contribution in [-0.4, -0.2) is 67.2 Å². The lowest BCUT2D eigenvalue weighted by Gasteiger charge is -2.42. The molecule has 144 valence electrons. The Morgan fingerprint density at radius 3 is 2.58 bits per heavy atom. The quantitative estimate of drug-likeness (QED) is 0.895. The minimum atomic E-state index is -0.198. The second kappa shape index (κ2) is 8.71. The molecule has 0 spiro atoms. The van der Waals surface area contributed by atoms with E-state index in [1.54, 1.807) is 6.07 Å². The van der Waals surface area contributed by atoms with Crippen LogP contribution in [0.15, 0.2) is 24.3 Å². The molecule has 0 bridgehead atoms. The number of hydrogen-bond acceptors (Lipinski definition) is 3. The van der Waals surface area contributed by atoms with Crippen molar-refractivity contribution in [3.05, 3.63) is 30.1 Å². The summed E-state index contributed by atoms with van der Waals surface area (Å²) in [5.74, 6) is -0.198. The highest BCUT2D eigenvalue weighted by atomic mass is 19.1. The van der Waals surface area contributed by atoms with Crippen LogP contribution in [-0.2, 0) is 0 Å². The average molecular weight is 362 g/mol. The Morgan fingerprint density at radius 2 is 1.92 bits per heavy atom. The molecule has 1 N–H and O–H groups in total. The fourth-order valence-electron chi connectivity index (χ4n) is 4.06. The van der Waals surface area contributed by atoms with Crippen molar-refractivity contribution in [2.75, 3.05) is 44.2 Å². The van der Waals surface area contributed by atoms with Crippen LogP contribution in [0.1, 0.15) is 33.1 Å². The van der Waals surface area contributed by atoms with E-state index in [0.29, 0.717) is 25.3 Å². The molecule has 3 rings (SSSR count). The number of piperazine rings is 1. The molecule has 6 heteroatoms. The van der Waals surface area contributed by atoms with Crippen molar-refractivity contribution in [1.29, 1.82) is 0 Å². The van der Waals surface area contributed by atoms with Crippen molar-refractivity contribution in [3.8, 4) is 0 Å². The number of amides is 2. The van der Waals surface area contributed by atoms with E-state index in [1.165, 1.54) is 12.5 Å². The summed E-state index contributed by atoms with van der Waals surface area (Å²) < 4.78 is 14.0. The van der Waals surface area contributed by atoms with Crippen molar-refractivity contribution >= 4 is 11.7 Å². The summed E-state index contributed by atoms with van der Waals surface area (Å²) in [6.07, 6.45) is 3.23. The highest BCUT2D eigenvalue weighted by molar-refractivity contribution is 5.75. The molecule has 0 radical (unpaired) electrons. The van der Waals surface area contributed by atoms with Gasteiger partial charge in [-0.05, 0) is 44.9 Å². The minimum Gasteiger partial charge on any atom is -0.365 e. The van der Waals surface area contributed by atoms with Gasteiger partial charge in [-0.3, -0.25) is 0 Å². The van der Waals surface area contributed by atoms with Gasteiger partial charge in [0.1, 0.15) is 5.82 Å². The summed E-state index contributed by atoms with van der Waals surface area (Å²) in [6.45, 7) is 9.46. The number of likely N-dealkylation sites (tertiary alicyclic amines) is 1. The number of rotatable bonds is 4. The summed E-state index contributed by atoms with van der Waals surface area (Å²) in [5.41, 5.74) is 0.628. The van der Waals surface area contributed by atoms with Gasteiger partial charge >= 0.3 is 6.03 Å². The Kier molecular flexibility index (Phi) is 6.35. The van der Waals surface area contributed by atoms with Crippen LogP contribution < -0.4 is 10.2 Å². The maximum absolute atomic E-state index is 14.0. The number of nitrogens with one attached hydrogen (secondary N) is 1. The Balaban J connectivity index is 1.50. The lowest BCUT2D eigenvalue weighted by Crippen LogP contribution is -2.58. The van der Waals surface area contributed by atoms with Crippen LogP contribution in [0.3, 0.4) is 0 Å². The van der Waals surface area contributed by atoms with Crippen molar-refractivity contribution in [1.82, 2.24) is 15.1 Å². The summed E-state index contributed by atoms with van der Waals surface area (Å²) in [7, 11) is 0. The normalized spacial score (nSPS) is 22.5. The van der Waals surface area contributed by atoms with Crippen molar-refractivity contribution in [2.45, 2.75) is 45.2 Å². The summed E-state index contributed by atoms with van der Waals surface area (Å²) in [5, 5.41) is 3.22. The fourth-order valence-corrected chi connectivity index (χ4v) is 4.06. The molecular formula is C20H31FN4O. The zero-order valence-corrected chi connectivity index (χ0v) is 16.0. The van der Waals surface area contributed by atoms with Crippen molar-refractivity contribution in [3.63, 3.8) is 0 Å². The van der Waals surface area contributed by atoms with Gasteiger partial charge in [-0.1, -0.05) is 19.1 Å². The van der Waals surface area contributed by atoms with Crippen LogP contribution in [0.4, 0.5) is 14.9 Å². The Bertz CT molecular complexity index is 603. The molecule has 1 aromatic rings. The lowest BCUT2D eigenvalue weighted by atomic mass is 10.0. The predicted octanol–water partition coefficient (Wildman–Crippen LogP) is 2.92. The second-order valence-electron chi connectivity index (χ2n) is 7.51. The monoisotopic (exact) mass is 362 g/mol. The van der Waals surface area contributed by atoms with Crippen LogP contribution in [0.25, 0.3) is 0 Å². The summed E-state index contributed by atoms with van der Waals surface area (Å²) >= 11 is 0. The van der Waals surface area contributed by atoms with Crippen LogP contribution in [0.2, 0.25) is 0 Å². The molecule has 0 aliphatic carbocycles. The first-order valence-electron chi connectivity index (χ1n) is 9.87. The second-order valence-corrected chi connectivity index (χ2v) is 7.51. The summed E-state index contributed by atoms with van der Waals surface area (Å²) in [4.78, 5) is 19.1. The number of nitrogens with zero attached hydrogens (tertiary/aromatic N) is 3. The van der Waals surface area contributed by atoms with Gasteiger partial charge in [0.25, 0.3) is 0 Å². The Hall–Kier alpha value is -1.82. The fraction of sp³-hybridized carbons (Fsp3) is 0.650. The molecule has 0 unspecified atom stereocenters. The van der Waals surface area contributed by atoms with Crippen molar-refractivity contribution in [2.24, 2.45) is 0 Å². The van der Waals surface area contributed by atoms with Gasteiger partial charge in [0, 0.05) is 44.8 Å². The standard InChI is InChI=1S/C20H31FN4O/c1-3-10-23-11-8-17(9-12-23)22-20(26)25-14-13-24(15-16(25)2)19-7-5-4-6-18(19)21/h4-7,16-17H,3,8-15H2,1-2H3,(H,22,26)/t16-/m1/s1. The molecule has 2 saturated heterocycles. The van der Waals surface area contributed by atoms with Crippen LogP contribution in [0, 0.1) is 5.82 Å². The van der Waals surface area contributed by atoms with Gasteiger partial charge in [0.2, 0.25) is 0 Å². The molecule has 2 aliphatic heterocycles. The lowest BCUT2D eigenvalue weighted by molar-refractivity contribution is 0.154. The first-order chi connectivity index (χ1) is 12.6. The van der Waals surface area contributed by atoms with Gasteiger partial charge in [0.05, 0.1) is 5.69 Å². The Labute approximate surface area is 156 Å². The Morgan fingerprint density at radius 1 is 1.19 bits per heavy atom. The molecule has 1 atom stereocenters. The number of anilines is 1. The molecule has 1 aromatic carbocycles. The molecule has 26 heavy (non-hydrogen) atoms. The van der Waals surface area contributed by atoms with E-state index in [0.717, 1.165) is 32.5 Å². The minimum absolute atomic E-state index is 0.0274. The zero-order chi connectivity index (χ0) is 18.5. The van der Waals surface area contributed by atoms with E-state index in [9.17, 15) is 9.18 Å². The van der Waals surface area contributed by atoms with E-state index in [-0.39, 0.29) is 23.9 Å². The number of carbonyl (C=O) groups excluding carboxylic acids is 1. The maximum atomic E-state index is 14.0. The maximum Gasteiger partial charge on any atom is 0.317 e. The van der Waals surface area contributed by atoms with Gasteiger partial charge in [-0.25, -0.2) is 9.18 Å². The third kappa shape index (κ3) is 4.47. The third-order valence-electron chi connectivity index (χ3n) is 5.54. The van der Waals surface area contributed by atoms with Gasteiger partial charge in [0.15, 0.2) is 0 Å². The first kappa shape index (κ1) is 19.0. The number of para-hydroxylation sites is 1. The smallest absolute Gasteiger partial charge is 0.317 e. The molecule has 2 aliphatic rings. The van der Waals surface area contributed by atoms with E-state index < -0.39 is 0 Å². The summed E-state index contributed by atoms with van der Waals surface area (Å²) in [6, 6.07) is 7.21. The molecule has 2 heterocycles. The average Bonchev–Trinajstić information content (AvgIpc) is 2.64. The molecular weight excluding hydrogens is 331 g/mol. The van der Waals surface area contributed by atoms with E-state index in [2.05, 4.69) is 17.1 Å². The van der Waals surface area contributed by atoms with Gasteiger partial charge < -0.3 is 20.0 Å². The number of piperidine rings is 1. The van der Waals surface area contributed by atoms with E-state index in [4.69, 9.17) is 0 Å². The highest BCUT2D eigenvalue weighted by Crippen LogP contribution is 2.22. The molecule has 5 nitrogen and oxygen atoms in total. The predicted molar refractivity (Wildman–Crippen MR) is 103 cm³/mol. The van der Waals surface area contributed by atoms with Crippen LogP contribution >= 0.6 is 0 Å². The van der Waals surface area contributed by atoms with Crippen LogP contribution in [0.5, 0.6) is 0 Å². The number of urea groups is 1. The van der Waals surface area contributed by atoms with Crippen molar-refractivity contribution < 1.29 is 9.18 Å². The molecule has 2 amide bonds. The van der Waals surface area contributed by atoms with Gasteiger partial charge in [-0.2, -0.15) is 0 Å². The topological polar surface area (TPSA) is 38.8 Å². The molecule has 2 fully saturated rings. The van der Waals surface area contributed by atoms with Gasteiger partial charge in [-0.15, -0.1) is 0 Å². The SMILES string of the molecule is CCCN1CCC(NC(=O)N2CCN(c3ccccc3F)C[C@H]2C)CC1. The van der Waals surface area contributed by atoms with E-state index >= 15 is 0 Å². The highest BCUT2D eigenvalue weighted by Gasteiger charge is 2.30. The molecule has 0 aromatic heterocycles. The van der Waals surface area contributed by atoms with E-state index in [1.807, 2.05) is 28.9 Å². The first-order valence-corrected chi connectivity index (χ1v) is 9.87. The third-order valence-corrected chi connectivity index (χ3v) is 5.54. The number of hydrogen-bond donors (Lipinski definition) is 1. The molecule has 0 saturated carbocycles. The number of halogens is 1.